The number of H-pyrrole nitrogens is 2. The van der Waals surface area contributed by atoms with E-state index in [-0.39, 0.29) is 0 Å². The summed E-state index contributed by atoms with van der Waals surface area (Å²) in [6, 6.07) is 1.56. The molecule has 0 atom stereocenters. The van der Waals surface area contributed by atoms with E-state index in [1.165, 1.54) is 12.4 Å². The van der Waals surface area contributed by atoms with Gasteiger partial charge in [0.05, 0.1) is 0 Å². The topological polar surface area (TPSA) is 91.5 Å². The van der Waals surface area contributed by atoms with Crippen LogP contribution in [0.1, 0.15) is 0 Å². The number of aromatic nitrogens is 4. The van der Waals surface area contributed by atoms with Crippen LogP contribution >= 0.6 is 0 Å². The van der Waals surface area contributed by atoms with Crippen LogP contribution in [-0.4, -0.2) is 19.9 Å². The molecule has 0 saturated carbocycles. The molecular weight excluding hydrogens is 222 g/mol. The van der Waals surface area contributed by atoms with Gasteiger partial charge in [-0.1, -0.05) is 0 Å². The van der Waals surface area contributed by atoms with Crippen molar-refractivity contribution in [3.05, 3.63) is 57.4 Å². The molecule has 2 aromatic heterocycles. The first-order chi connectivity index (χ1) is 7.59. The molecule has 0 saturated heterocycles. The summed E-state index contributed by atoms with van der Waals surface area (Å²) >= 11 is 0. The number of hydrogen-bond donors (Lipinski definition) is 2. The highest BCUT2D eigenvalue weighted by molar-refractivity contribution is 4.83. The van der Waals surface area contributed by atoms with E-state index in [1.54, 1.807) is 11.1 Å². The molecule has 0 bridgehead atoms. The van der Waals surface area contributed by atoms with Gasteiger partial charge in [-0.15, -0.1) is 0 Å². The fourth-order valence-corrected chi connectivity index (χ4v) is 0.674. The Morgan fingerprint density at radius 3 is 2.12 bits per heavy atom. The van der Waals surface area contributed by atoms with Crippen molar-refractivity contribution in [2.75, 3.05) is 0 Å². The van der Waals surface area contributed by atoms with Crippen LogP contribution in [0.5, 0.6) is 0 Å². The van der Waals surface area contributed by atoms with E-state index < -0.39 is 23.1 Å². The monoisotopic (exact) mass is 228 g/mol. The number of rotatable bonds is 0. The van der Waals surface area contributed by atoms with Crippen molar-refractivity contribution in [1.82, 2.24) is 19.9 Å². The molecular formula is C8H6F2N4O2. The van der Waals surface area contributed by atoms with Crippen molar-refractivity contribution >= 4 is 0 Å². The summed E-state index contributed by atoms with van der Waals surface area (Å²) in [5, 5.41) is 0. The van der Waals surface area contributed by atoms with Gasteiger partial charge in [-0.3, -0.25) is 9.78 Å². The van der Waals surface area contributed by atoms with Gasteiger partial charge in [0.25, 0.3) is 5.56 Å². The molecule has 2 aromatic rings. The van der Waals surface area contributed by atoms with E-state index in [2.05, 4.69) is 9.97 Å². The second kappa shape index (κ2) is 5.49. The van der Waals surface area contributed by atoms with E-state index in [9.17, 15) is 18.4 Å². The van der Waals surface area contributed by atoms with E-state index >= 15 is 0 Å². The Balaban J connectivity index is 0.000000165. The van der Waals surface area contributed by atoms with Gasteiger partial charge in [0.1, 0.15) is 0 Å². The molecule has 0 aliphatic heterocycles. The van der Waals surface area contributed by atoms with Gasteiger partial charge in [0.15, 0.2) is 0 Å². The summed E-state index contributed by atoms with van der Waals surface area (Å²) in [7, 11) is 0. The fourth-order valence-electron chi connectivity index (χ4n) is 0.674. The maximum Gasteiger partial charge on any atom is 0.325 e. The average Bonchev–Trinajstić information content (AvgIpc) is 2.26. The third kappa shape index (κ3) is 3.78. The molecule has 0 aliphatic carbocycles. The van der Waals surface area contributed by atoms with E-state index in [0.717, 1.165) is 0 Å². The highest BCUT2D eigenvalue weighted by Crippen LogP contribution is 1.79. The number of halogens is 2. The molecule has 0 spiro atoms. The van der Waals surface area contributed by atoms with Crippen LogP contribution in [0.2, 0.25) is 0 Å². The van der Waals surface area contributed by atoms with E-state index in [4.69, 9.17) is 0 Å². The van der Waals surface area contributed by atoms with Crippen LogP contribution in [0.15, 0.2) is 34.2 Å². The first-order valence-electron chi connectivity index (χ1n) is 3.99. The summed E-state index contributed by atoms with van der Waals surface area (Å²) < 4.78 is 23.7. The van der Waals surface area contributed by atoms with Crippen LogP contribution in [0.25, 0.3) is 0 Å². The zero-order valence-corrected chi connectivity index (χ0v) is 7.78. The number of nitrogens with one attached hydrogen (secondary N) is 2. The summed E-state index contributed by atoms with van der Waals surface area (Å²) in [6.45, 7) is 0. The molecule has 84 valence electrons. The van der Waals surface area contributed by atoms with Crippen molar-refractivity contribution in [3.63, 3.8) is 0 Å². The minimum Gasteiger partial charge on any atom is -0.311 e. The van der Waals surface area contributed by atoms with Gasteiger partial charge in [0, 0.05) is 18.6 Å². The van der Waals surface area contributed by atoms with E-state index in [1.807, 2.05) is 4.98 Å². The zero-order valence-electron chi connectivity index (χ0n) is 7.78. The molecule has 0 aromatic carbocycles. The quantitative estimate of drug-likeness (QED) is 0.612. The standard InChI is InChI=1S/C4H3FN2O2.C4H3FN2/c5-2-1-6-4(9)7-3(2)8;5-4-6-2-1-3-7-4/h1H,(H2,6,7,8,9);1-3H. The Labute approximate surface area is 87.0 Å². The van der Waals surface area contributed by atoms with Crippen molar-refractivity contribution in [2.45, 2.75) is 0 Å². The maximum atomic E-state index is 12.0. The largest absolute Gasteiger partial charge is 0.325 e. The van der Waals surface area contributed by atoms with Gasteiger partial charge in [-0.05, 0) is 6.07 Å². The smallest absolute Gasteiger partial charge is 0.311 e. The lowest BCUT2D eigenvalue weighted by Gasteiger charge is -1.81. The number of aromatic amines is 2. The summed E-state index contributed by atoms with van der Waals surface area (Å²) in [5.41, 5.74) is -1.71. The van der Waals surface area contributed by atoms with Gasteiger partial charge >= 0.3 is 11.8 Å². The Hall–Kier alpha value is -2.38. The molecule has 2 rings (SSSR count). The maximum absolute atomic E-state index is 12.0. The van der Waals surface area contributed by atoms with Crippen molar-refractivity contribution < 1.29 is 8.78 Å². The van der Waals surface area contributed by atoms with Crippen molar-refractivity contribution in [3.8, 4) is 0 Å². The number of hydrogen-bond acceptors (Lipinski definition) is 4. The zero-order chi connectivity index (χ0) is 12.0. The second-order valence-electron chi connectivity index (χ2n) is 2.44. The lowest BCUT2D eigenvalue weighted by Crippen LogP contribution is -2.23. The third-order valence-corrected chi connectivity index (χ3v) is 1.31. The molecule has 2 N–H and O–H groups in total. The van der Waals surface area contributed by atoms with Crippen LogP contribution in [-0.2, 0) is 0 Å². The first-order valence-corrected chi connectivity index (χ1v) is 3.99. The Morgan fingerprint density at radius 2 is 1.75 bits per heavy atom. The average molecular weight is 228 g/mol. The summed E-state index contributed by atoms with van der Waals surface area (Å²) in [6.07, 6.45) is 2.73. The normalized spacial score (nSPS) is 9.12. The van der Waals surface area contributed by atoms with E-state index in [0.29, 0.717) is 6.20 Å². The van der Waals surface area contributed by atoms with Crippen LogP contribution < -0.4 is 11.2 Å². The number of nitrogens with zero attached hydrogens (tertiary/aromatic N) is 2. The minimum atomic E-state index is -1.00. The third-order valence-electron chi connectivity index (χ3n) is 1.31. The summed E-state index contributed by atoms with van der Waals surface area (Å²) in [5.74, 6) is -0.991. The Morgan fingerprint density at radius 1 is 1.12 bits per heavy atom. The molecule has 6 nitrogen and oxygen atoms in total. The Kier molecular flexibility index (Phi) is 4.01. The predicted octanol–water partition coefficient (Wildman–Crippen LogP) is -0.182. The highest BCUT2D eigenvalue weighted by Gasteiger charge is 1.93. The lowest BCUT2D eigenvalue weighted by atomic mass is 10.6. The lowest BCUT2D eigenvalue weighted by molar-refractivity contribution is 0.538. The minimum absolute atomic E-state index is 0.678. The van der Waals surface area contributed by atoms with Gasteiger partial charge < -0.3 is 4.98 Å². The van der Waals surface area contributed by atoms with Gasteiger partial charge in [-0.25, -0.2) is 14.8 Å². The molecule has 8 heteroatoms. The molecule has 0 amide bonds. The summed E-state index contributed by atoms with van der Waals surface area (Å²) in [4.78, 5) is 30.4. The fraction of sp³-hybridized carbons (Fsp3) is 0. The van der Waals surface area contributed by atoms with Crippen LogP contribution in [0.4, 0.5) is 8.78 Å². The molecule has 0 unspecified atom stereocenters. The first kappa shape index (κ1) is 11.7. The van der Waals surface area contributed by atoms with Crippen LogP contribution in [0, 0.1) is 11.9 Å². The van der Waals surface area contributed by atoms with Crippen molar-refractivity contribution in [1.29, 1.82) is 0 Å². The molecule has 16 heavy (non-hydrogen) atoms. The van der Waals surface area contributed by atoms with Crippen LogP contribution in [0.3, 0.4) is 0 Å². The molecule has 2 heterocycles. The molecule has 0 radical (unpaired) electrons. The van der Waals surface area contributed by atoms with Gasteiger partial charge in [-0.2, -0.15) is 8.78 Å². The van der Waals surface area contributed by atoms with Gasteiger partial charge in [0.2, 0.25) is 5.82 Å². The second-order valence-corrected chi connectivity index (χ2v) is 2.44. The van der Waals surface area contributed by atoms with Crippen molar-refractivity contribution in [2.24, 2.45) is 0 Å². The molecule has 0 aliphatic rings. The predicted molar refractivity (Wildman–Crippen MR) is 49.6 cm³/mol. The Bertz CT molecular complexity index is 552. The molecule has 0 fully saturated rings. The highest BCUT2D eigenvalue weighted by atomic mass is 19.1. The SMILES string of the molecule is Fc1ncccn1.O=c1[nH]cc(F)c(=O)[nH]1.